The fourth-order valence-electron chi connectivity index (χ4n) is 1.81. The fraction of sp³-hybridized carbons (Fsp3) is 0.250. The first-order valence-corrected chi connectivity index (χ1v) is 7.24. The predicted molar refractivity (Wildman–Crippen MR) is 73.2 cm³/mol. The van der Waals surface area contributed by atoms with Crippen molar-refractivity contribution in [2.45, 2.75) is 25.3 Å². The van der Waals surface area contributed by atoms with E-state index in [1.54, 1.807) is 13.0 Å². The van der Waals surface area contributed by atoms with E-state index in [2.05, 4.69) is 14.9 Å². The van der Waals surface area contributed by atoms with Crippen LogP contribution in [0.15, 0.2) is 29.4 Å². The minimum absolute atomic E-state index is 0.245. The lowest BCUT2D eigenvalue weighted by molar-refractivity contribution is 0.600. The van der Waals surface area contributed by atoms with Crippen molar-refractivity contribution in [1.29, 1.82) is 0 Å². The van der Waals surface area contributed by atoms with Crippen LogP contribution in [-0.2, 0) is 16.6 Å². The van der Waals surface area contributed by atoms with E-state index in [0.29, 0.717) is 17.8 Å². The number of nitrogens with one attached hydrogen (secondary N) is 2. The lowest BCUT2D eigenvalue weighted by Crippen LogP contribution is -2.15. The molecule has 2 aromatic rings. The average Bonchev–Trinajstić information content (AvgIpc) is 2.84. The third kappa shape index (κ3) is 2.77. The van der Waals surface area contributed by atoms with Crippen LogP contribution in [0.25, 0.3) is 0 Å². The standard InChI is InChI=1S/C12H16N4O2S/c1-8-3-10(5-13)4-12(9(8)2)19(17,18)16-11-6-14-15-7-11/h3-4,6-7,16H,5,13H2,1-2H3,(H,14,15). The molecule has 7 heteroatoms. The first kappa shape index (κ1) is 13.6. The molecule has 6 nitrogen and oxygen atoms in total. The minimum atomic E-state index is -3.63. The second-order valence-electron chi connectivity index (χ2n) is 4.33. The molecular weight excluding hydrogens is 264 g/mol. The Hall–Kier alpha value is -1.86. The topological polar surface area (TPSA) is 101 Å². The molecule has 4 N–H and O–H groups in total. The highest BCUT2D eigenvalue weighted by Crippen LogP contribution is 2.23. The Morgan fingerprint density at radius 1 is 1.37 bits per heavy atom. The van der Waals surface area contributed by atoms with E-state index in [9.17, 15) is 8.42 Å². The van der Waals surface area contributed by atoms with Gasteiger partial charge in [-0.2, -0.15) is 5.10 Å². The zero-order chi connectivity index (χ0) is 14.0. The van der Waals surface area contributed by atoms with E-state index >= 15 is 0 Å². The van der Waals surface area contributed by atoms with Gasteiger partial charge in [-0.3, -0.25) is 9.82 Å². The van der Waals surface area contributed by atoms with Crippen molar-refractivity contribution in [3.63, 3.8) is 0 Å². The summed E-state index contributed by atoms with van der Waals surface area (Å²) in [6, 6.07) is 3.50. The van der Waals surface area contributed by atoms with Crippen molar-refractivity contribution in [1.82, 2.24) is 10.2 Å². The summed E-state index contributed by atoms with van der Waals surface area (Å²) < 4.78 is 27.2. The molecule has 1 aromatic carbocycles. The number of sulfonamides is 1. The van der Waals surface area contributed by atoms with Crippen molar-refractivity contribution < 1.29 is 8.42 Å². The van der Waals surface area contributed by atoms with Crippen molar-refractivity contribution >= 4 is 15.7 Å². The Bertz CT molecular complexity index is 678. The largest absolute Gasteiger partial charge is 0.326 e. The van der Waals surface area contributed by atoms with Gasteiger partial charge < -0.3 is 5.73 Å². The van der Waals surface area contributed by atoms with Crippen LogP contribution in [0.4, 0.5) is 5.69 Å². The number of aromatic nitrogens is 2. The molecule has 0 aliphatic carbocycles. The smallest absolute Gasteiger partial charge is 0.262 e. The van der Waals surface area contributed by atoms with Crippen LogP contribution in [0, 0.1) is 13.8 Å². The van der Waals surface area contributed by atoms with Gasteiger partial charge in [0.1, 0.15) is 0 Å². The summed E-state index contributed by atoms with van der Waals surface area (Å²) in [7, 11) is -3.63. The number of hydrogen-bond acceptors (Lipinski definition) is 4. The lowest BCUT2D eigenvalue weighted by atomic mass is 10.1. The first-order valence-electron chi connectivity index (χ1n) is 5.76. The molecule has 0 aliphatic rings. The minimum Gasteiger partial charge on any atom is -0.326 e. The summed E-state index contributed by atoms with van der Waals surface area (Å²) in [4.78, 5) is 0.245. The van der Waals surface area contributed by atoms with Gasteiger partial charge in [-0.15, -0.1) is 0 Å². The van der Waals surface area contributed by atoms with Crippen LogP contribution in [0.5, 0.6) is 0 Å². The Kier molecular flexibility index (Phi) is 3.59. The summed E-state index contributed by atoms with van der Waals surface area (Å²) >= 11 is 0. The maximum Gasteiger partial charge on any atom is 0.262 e. The molecule has 0 radical (unpaired) electrons. The van der Waals surface area contributed by atoms with Crippen molar-refractivity contribution in [2.75, 3.05) is 4.72 Å². The van der Waals surface area contributed by atoms with Crippen LogP contribution >= 0.6 is 0 Å². The summed E-state index contributed by atoms with van der Waals surface area (Å²) in [5.41, 5.74) is 8.39. The number of nitrogens with two attached hydrogens (primary N) is 1. The van der Waals surface area contributed by atoms with Gasteiger partial charge in [0.15, 0.2) is 0 Å². The van der Waals surface area contributed by atoms with Crippen molar-refractivity contribution in [3.05, 3.63) is 41.2 Å². The number of rotatable bonds is 4. The second-order valence-corrected chi connectivity index (χ2v) is 5.98. The van der Waals surface area contributed by atoms with Gasteiger partial charge >= 0.3 is 0 Å². The number of aryl methyl sites for hydroxylation is 1. The zero-order valence-corrected chi connectivity index (χ0v) is 11.6. The van der Waals surface area contributed by atoms with Crippen LogP contribution < -0.4 is 10.5 Å². The Morgan fingerprint density at radius 2 is 2.11 bits per heavy atom. The van der Waals surface area contributed by atoms with Crippen LogP contribution in [0.1, 0.15) is 16.7 Å². The molecule has 0 spiro atoms. The van der Waals surface area contributed by atoms with E-state index in [4.69, 9.17) is 5.73 Å². The molecule has 0 aliphatic heterocycles. The van der Waals surface area contributed by atoms with Gasteiger partial charge in [0.05, 0.1) is 16.8 Å². The number of nitrogens with zero attached hydrogens (tertiary/aromatic N) is 1. The summed E-state index contributed by atoms with van der Waals surface area (Å²) in [5.74, 6) is 0. The van der Waals surface area contributed by atoms with Gasteiger partial charge in [0.2, 0.25) is 0 Å². The highest BCUT2D eigenvalue weighted by Gasteiger charge is 2.19. The molecule has 0 fully saturated rings. The molecule has 0 unspecified atom stereocenters. The number of H-pyrrole nitrogens is 1. The number of aromatic amines is 1. The van der Waals surface area contributed by atoms with E-state index in [1.165, 1.54) is 12.4 Å². The lowest BCUT2D eigenvalue weighted by Gasteiger charge is -2.12. The summed E-state index contributed by atoms with van der Waals surface area (Å²) in [6.07, 6.45) is 2.89. The fourth-order valence-corrected chi connectivity index (χ4v) is 3.22. The van der Waals surface area contributed by atoms with Gasteiger partial charge in [0.25, 0.3) is 10.0 Å². The molecule has 102 valence electrons. The maximum absolute atomic E-state index is 12.3. The Labute approximate surface area is 112 Å². The highest BCUT2D eigenvalue weighted by atomic mass is 32.2. The van der Waals surface area contributed by atoms with E-state index < -0.39 is 10.0 Å². The van der Waals surface area contributed by atoms with Crippen molar-refractivity contribution in [2.24, 2.45) is 5.73 Å². The molecule has 1 aromatic heterocycles. The SMILES string of the molecule is Cc1cc(CN)cc(S(=O)(=O)Nc2cn[nH]c2)c1C. The molecule has 0 atom stereocenters. The molecule has 19 heavy (non-hydrogen) atoms. The number of anilines is 1. The zero-order valence-electron chi connectivity index (χ0n) is 10.8. The van der Waals surface area contributed by atoms with E-state index in [1.807, 2.05) is 13.0 Å². The third-order valence-electron chi connectivity index (χ3n) is 2.96. The maximum atomic E-state index is 12.3. The molecule has 2 rings (SSSR count). The number of benzene rings is 1. The van der Waals surface area contributed by atoms with Crippen molar-refractivity contribution in [3.8, 4) is 0 Å². The van der Waals surface area contributed by atoms with Gasteiger partial charge in [0, 0.05) is 12.7 Å². The van der Waals surface area contributed by atoms with E-state index in [-0.39, 0.29) is 4.90 Å². The van der Waals surface area contributed by atoms with Crippen LogP contribution in [0.3, 0.4) is 0 Å². The summed E-state index contributed by atoms with van der Waals surface area (Å²) in [5, 5.41) is 6.26. The Morgan fingerprint density at radius 3 is 2.68 bits per heavy atom. The molecule has 0 amide bonds. The number of hydrogen-bond donors (Lipinski definition) is 3. The van der Waals surface area contributed by atoms with Gasteiger partial charge in [-0.05, 0) is 36.6 Å². The molecular formula is C12H16N4O2S. The van der Waals surface area contributed by atoms with Crippen LogP contribution in [-0.4, -0.2) is 18.6 Å². The summed E-state index contributed by atoms with van der Waals surface area (Å²) in [6.45, 7) is 3.94. The molecule has 1 heterocycles. The Balaban J connectivity index is 2.48. The quantitative estimate of drug-likeness (QED) is 0.785. The van der Waals surface area contributed by atoms with Crippen LogP contribution in [0.2, 0.25) is 0 Å². The second kappa shape index (κ2) is 5.02. The molecule has 0 saturated carbocycles. The highest BCUT2D eigenvalue weighted by molar-refractivity contribution is 7.92. The van der Waals surface area contributed by atoms with E-state index in [0.717, 1.165) is 11.1 Å². The van der Waals surface area contributed by atoms with Gasteiger partial charge in [-0.25, -0.2) is 8.42 Å². The molecule has 0 bridgehead atoms. The normalized spacial score (nSPS) is 11.5. The monoisotopic (exact) mass is 280 g/mol. The average molecular weight is 280 g/mol. The molecule has 0 saturated heterocycles. The first-order chi connectivity index (χ1) is 8.94. The predicted octanol–water partition coefficient (Wildman–Crippen LogP) is 1.29. The van der Waals surface area contributed by atoms with Gasteiger partial charge in [-0.1, -0.05) is 6.07 Å². The third-order valence-corrected chi connectivity index (χ3v) is 4.46.